The highest BCUT2D eigenvalue weighted by Gasteiger charge is 2.41. The Hall–Kier alpha value is -1.51. The van der Waals surface area contributed by atoms with Crippen molar-refractivity contribution in [2.24, 2.45) is 5.41 Å². The van der Waals surface area contributed by atoms with E-state index in [4.69, 9.17) is 0 Å². The molecular weight excluding hydrogens is 296 g/mol. The molecule has 9 heteroatoms. The Morgan fingerprint density at radius 1 is 1.29 bits per heavy atom. The molecule has 1 rings (SSSR count). The molecule has 120 valence electrons. The van der Waals surface area contributed by atoms with E-state index in [1.54, 1.807) is 13.8 Å². The van der Waals surface area contributed by atoms with Crippen molar-refractivity contribution in [2.75, 3.05) is 6.26 Å². The van der Waals surface area contributed by atoms with Gasteiger partial charge in [-0.3, -0.25) is 4.79 Å². The Bertz CT molecular complexity index is 617. The molecule has 0 amide bonds. The Labute approximate surface area is 124 Å². The van der Waals surface area contributed by atoms with E-state index < -0.39 is 26.0 Å². The van der Waals surface area contributed by atoms with E-state index in [9.17, 15) is 18.3 Å². The van der Waals surface area contributed by atoms with Gasteiger partial charge in [0.1, 0.15) is 4.75 Å². The van der Waals surface area contributed by atoms with Gasteiger partial charge in [-0.15, -0.1) is 5.10 Å². The van der Waals surface area contributed by atoms with Crippen LogP contribution in [0.4, 0.5) is 0 Å². The minimum absolute atomic E-state index is 0.0383. The SMILES string of the molecule is CCC(CC)(Cn1nnnc1C(C)(C)S(C)(=O)=O)C(=O)O. The van der Waals surface area contributed by atoms with Crippen LogP contribution in [0.2, 0.25) is 0 Å². The summed E-state index contributed by atoms with van der Waals surface area (Å²) in [5.41, 5.74) is -1.02. The molecule has 0 bridgehead atoms. The van der Waals surface area contributed by atoms with Gasteiger partial charge in [0.05, 0.1) is 12.0 Å². The van der Waals surface area contributed by atoms with E-state index in [1.807, 2.05) is 0 Å². The number of carboxylic acid groups (broad SMARTS) is 1. The lowest BCUT2D eigenvalue weighted by atomic mass is 9.82. The minimum atomic E-state index is -3.45. The Morgan fingerprint density at radius 2 is 1.81 bits per heavy atom. The first-order valence-electron chi connectivity index (χ1n) is 6.71. The zero-order chi connectivity index (χ0) is 16.5. The number of hydrogen-bond donors (Lipinski definition) is 1. The highest BCUT2D eigenvalue weighted by molar-refractivity contribution is 7.91. The first kappa shape index (κ1) is 17.5. The first-order valence-corrected chi connectivity index (χ1v) is 8.60. The number of tetrazole rings is 1. The Kier molecular flexibility index (Phi) is 4.76. The van der Waals surface area contributed by atoms with Crippen LogP contribution >= 0.6 is 0 Å². The molecule has 0 unspecified atom stereocenters. The van der Waals surface area contributed by atoms with Crippen LogP contribution in [0.15, 0.2) is 0 Å². The second kappa shape index (κ2) is 5.70. The predicted octanol–water partition coefficient (Wildman–Crippen LogP) is 0.844. The zero-order valence-corrected chi connectivity index (χ0v) is 13.8. The molecule has 0 aromatic carbocycles. The fourth-order valence-electron chi connectivity index (χ4n) is 2.04. The number of hydrogen-bond acceptors (Lipinski definition) is 6. The van der Waals surface area contributed by atoms with Crippen LogP contribution in [0.5, 0.6) is 0 Å². The number of aromatic nitrogens is 4. The van der Waals surface area contributed by atoms with Crippen LogP contribution < -0.4 is 0 Å². The molecule has 0 saturated heterocycles. The van der Waals surface area contributed by atoms with E-state index in [1.165, 1.54) is 18.5 Å². The number of sulfone groups is 1. The van der Waals surface area contributed by atoms with Gasteiger partial charge in [0.25, 0.3) is 0 Å². The summed E-state index contributed by atoms with van der Waals surface area (Å²) in [5, 5.41) is 20.6. The van der Waals surface area contributed by atoms with Gasteiger partial charge < -0.3 is 5.11 Å². The van der Waals surface area contributed by atoms with Crippen molar-refractivity contribution >= 4 is 15.8 Å². The van der Waals surface area contributed by atoms with Gasteiger partial charge in [-0.25, -0.2) is 13.1 Å². The average molecular weight is 318 g/mol. The zero-order valence-electron chi connectivity index (χ0n) is 13.0. The molecule has 0 aliphatic carbocycles. The first-order chi connectivity index (χ1) is 9.52. The molecule has 0 atom stereocenters. The molecule has 1 N–H and O–H groups in total. The van der Waals surface area contributed by atoms with Crippen LogP contribution in [-0.2, 0) is 25.9 Å². The van der Waals surface area contributed by atoms with Crippen molar-refractivity contribution in [1.29, 1.82) is 0 Å². The topological polar surface area (TPSA) is 115 Å². The van der Waals surface area contributed by atoms with Crippen LogP contribution in [0.1, 0.15) is 46.4 Å². The largest absolute Gasteiger partial charge is 0.481 e. The average Bonchev–Trinajstić information content (AvgIpc) is 2.82. The van der Waals surface area contributed by atoms with Crippen LogP contribution in [0.25, 0.3) is 0 Å². The van der Waals surface area contributed by atoms with Crippen molar-refractivity contribution in [3.05, 3.63) is 5.82 Å². The molecule has 1 heterocycles. The summed E-state index contributed by atoms with van der Waals surface area (Å²) in [7, 11) is -3.45. The highest BCUT2D eigenvalue weighted by atomic mass is 32.2. The number of nitrogens with zero attached hydrogens (tertiary/aromatic N) is 4. The van der Waals surface area contributed by atoms with Gasteiger partial charge >= 0.3 is 5.97 Å². The Morgan fingerprint density at radius 3 is 2.19 bits per heavy atom. The van der Waals surface area contributed by atoms with Crippen molar-refractivity contribution in [2.45, 2.75) is 51.8 Å². The molecule has 0 aliphatic heterocycles. The number of rotatable bonds is 7. The lowest BCUT2D eigenvalue weighted by molar-refractivity contribution is -0.150. The summed E-state index contributed by atoms with van der Waals surface area (Å²) in [4.78, 5) is 11.6. The maximum atomic E-state index is 11.9. The molecule has 1 aromatic rings. The van der Waals surface area contributed by atoms with Crippen LogP contribution in [-0.4, -0.2) is 46.0 Å². The fraction of sp³-hybridized carbons (Fsp3) is 0.833. The molecule has 8 nitrogen and oxygen atoms in total. The third kappa shape index (κ3) is 3.07. The molecule has 0 saturated carbocycles. The summed E-state index contributed by atoms with van der Waals surface area (Å²) < 4.78 is 23.8. The lowest BCUT2D eigenvalue weighted by Gasteiger charge is -2.28. The maximum Gasteiger partial charge on any atom is 0.311 e. The molecule has 0 spiro atoms. The van der Waals surface area contributed by atoms with Crippen LogP contribution in [0, 0.1) is 5.41 Å². The normalized spacial score (nSPS) is 13.4. The van der Waals surface area contributed by atoms with Crippen molar-refractivity contribution in [1.82, 2.24) is 20.2 Å². The van der Waals surface area contributed by atoms with Crippen molar-refractivity contribution in [3.8, 4) is 0 Å². The molecular formula is C12H22N4O4S. The molecule has 0 fully saturated rings. The predicted molar refractivity (Wildman–Crippen MR) is 76.3 cm³/mol. The summed E-state index contributed by atoms with van der Waals surface area (Å²) in [6.07, 6.45) is 1.91. The second-order valence-corrected chi connectivity index (χ2v) is 8.30. The summed E-state index contributed by atoms with van der Waals surface area (Å²) in [5.74, 6) is -0.788. The lowest BCUT2D eigenvalue weighted by Crippen LogP contribution is -2.38. The number of carboxylic acids is 1. The van der Waals surface area contributed by atoms with Gasteiger partial charge in [-0.05, 0) is 37.1 Å². The molecule has 21 heavy (non-hydrogen) atoms. The van der Waals surface area contributed by atoms with E-state index in [0.717, 1.165) is 6.26 Å². The van der Waals surface area contributed by atoms with E-state index in [0.29, 0.717) is 12.8 Å². The smallest absolute Gasteiger partial charge is 0.311 e. The van der Waals surface area contributed by atoms with Gasteiger partial charge in [0, 0.05) is 6.26 Å². The Balaban J connectivity index is 3.31. The third-order valence-electron chi connectivity index (χ3n) is 4.26. The third-order valence-corrected chi connectivity index (χ3v) is 6.29. The van der Waals surface area contributed by atoms with Gasteiger partial charge in [-0.1, -0.05) is 13.8 Å². The van der Waals surface area contributed by atoms with Crippen LogP contribution in [0.3, 0.4) is 0 Å². The van der Waals surface area contributed by atoms with E-state index in [2.05, 4.69) is 15.5 Å². The molecule has 0 radical (unpaired) electrons. The number of aliphatic carboxylic acids is 1. The van der Waals surface area contributed by atoms with Gasteiger partial charge in [-0.2, -0.15) is 0 Å². The standard InChI is InChI=1S/C12H22N4O4S/c1-6-12(7-2,10(17)18)8-16-9(13-14-15-16)11(3,4)21(5,19)20/h6-8H2,1-5H3,(H,17,18). The second-order valence-electron chi connectivity index (χ2n) is 5.74. The van der Waals surface area contributed by atoms with Gasteiger partial charge in [0.15, 0.2) is 15.7 Å². The van der Waals surface area contributed by atoms with E-state index >= 15 is 0 Å². The van der Waals surface area contributed by atoms with Gasteiger partial charge in [0.2, 0.25) is 0 Å². The van der Waals surface area contributed by atoms with E-state index in [-0.39, 0.29) is 12.4 Å². The summed E-state index contributed by atoms with van der Waals surface area (Å²) >= 11 is 0. The number of carbonyl (C=O) groups is 1. The summed E-state index contributed by atoms with van der Waals surface area (Å²) in [6.45, 7) is 6.61. The maximum absolute atomic E-state index is 11.9. The fourth-order valence-corrected chi connectivity index (χ4v) is 2.52. The minimum Gasteiger partial charge on any atom is -0.481 e. The quantitative estimate of drug-likeness (QED) is 0.792. The summed E-state index contributed by atoms with van der Waals surface area (Å²) in [6, 6.07) is 0. The molecule has 1 aromatic heterocycles. The van der Waals surface area contributed by atoms with Crippen molar-refractivity contribution < 1.29 is 18.3 Å². The van der Waals surface area contributed by atoms with Crippen molar-refractivity contribution in [3.63, 3.8) is 0 Å². The molecule has 0 aliphatic rings. The highest BCUT2D eigenvalue weighted by Crippen LogP contribution is 2.32. The monoisotopic (exact) mass is 318 g/mol.